The maximum absolute atomic E-state index is 12.2. The second-order valence-corrected chi connectivity index (χ2v) is 4.25. The molecular weight excluding hydrogens is 246 g/mol. The Morgan fingerprint density at radius 3 is 2.44 bits per heavy atom. The summed E-state index contributed by atoms with van der Waals surface area (Å²) < 4.78 is 0. The highest BCUT2D eigenvalue weighted by Gasteiger charge is 2.26. The van der Waals surface area contributed by atoms with Crippen molar-refractivity contribution in [2.45, 2.75) is 6.04 Å². The van der Waals surface area contributed by atoms with Gasteiger partial charge in [0, 0.05) is 16.1 Å². The normalized spacial score (nSPS) is 11.6. The summed E-state index contributed by atoms with van der Waals surface area (Å²) in [6, 6.07) is 14.9. The van der Waals surface area contributed by atoms with Crippen LogP contribution in [0.15, 0.2) is 54.6 Å². The Kier molecular flexibility index (Phi) is 3.76. The van der Waals surface area contributed by atoms with Crippen LogP contribution in [0.1, 0.15) is 22.0 Å². The van der Waals surface area contributed by atoms with E-state index in [1.807, 2.05) is 6.07 Å². The van der Waals surface area contributed by atoms with Gasteiger partial charge in [-0.15, -0.1) is 0 Å². The molecule has 2 rings (SSSR count). The molecule has 2 aromatic rings. The van der Waals surface area contributed by atoms with Crippen molar-refractivity contribution in [3.8, 4) is 0 Å². The SMILES string of the molecule is [C-]#[N+]C(C(=O)c1ccccc1)c1cccc(Cl)c1. The molecular formula is C15H10ClNO. The van der Waals surface area contributed by atoms with Gasteiger partial charge < -0.3 is 0 Å². The standard InChI is InChI=1S/C15H10ClNO/c1-17-14(12-8-5-9-13(16)10-12)15(18)11-6-3-2-4-7-11/h2-10,14H. The quantitative estimate of drug-likeness (QED) is 0.595. The van der Waals surface area contributed by atoms with Gasteiger partial charge in [-0.25, -0.2) is 6.57 Å². The van der Waals surface area contributed by atoms with Gasteiger partial charge in [0.25, 0.3) is 0 Å². The highest BCUT2D eigenvalue weighted by molar-refractivity contribution is 6.30. The number of ketones is 1. The third-order valence-corrected chi connectivity index (χ3v) is 2.84. The molecule has 3 heteroatoms. The zero-order valence-electron chi connectivity index (χ0n) is 9.51. The van der Waals surface area contributed by atoms with Crippen molar-refractivity contribution in [3.05, 3.63) is 82.2 Å². The minimum atomic E-state index is -0.828. The van der Waals surface area contributed by atoms with Gasteiger partial charge in [0.2, 0.25) is 5.78 Å². The molecule has 0 saturated carbocycles. The fourth-order valence-electron chi connectivity index (χ4n) is 1.72. The van der Waals surface area contributed by atoms with Crippen LogP contribution >= 0.6 is 11.6 Å². The molecule has 0 bridgehead atoms. The summed E-state index contributed by atoms with van der Waals surface area (Å²) in [6.07, 6.45) is 0. The summed E-state index contributed by atoms with van der Waals surface area (Å²) in [5, 5.41) is 0.530. The number of halogens is 1. The van der Waals surface area contributed by atoms with Crippen LogP contribution < -0.4 is 0 Å². The largest absolute Gasteiger partial charge is 0.310 e. The van der Waals surface area contributed by atoms with Crippen molar-refractivity contribution < 1.29 is 4.79 Å². The van der Waals surface area contributed by atoms with Gasteiger partial charge in [-0.05, 0) is 12.1 Å². The molecule has 0 heterocycles. The third-order valence-electron chi connectivity index (χ3n) is 2.60. The summed E-state index contributed by atoms with van der Waals surface area (Å²) in [6.45, 7) is 7.21. The van der Waals surface area contributed by atoms with Gasteiger partial charge in [0.1, 0.15) is 0 Å². The lowest BCUT2D eigenvalue weighted by atomic mass is 9.98. The highest BCUT2D eigenvalue weighted by Crippen LogP contribution is 2.24. The number of hydrogen-bond acceptors (Lipinski definition) is 1. The third kappa shape index (κ3) is 2.58. The predicted molar refractivity (Wildman–Crippen MR) is 71.6 cm³/mol. The van der Waals surface area contributed by atoms with Crippen molar-refractivity contribution in [3.63, 3.8) is 0 Å². The van der Waals surface area contributed by atoms with Gasteiger partial charge in [-0.2, -0.15) is 0 Å². The van der Waals surface area contributed by atoms with Crippen molar-refractivity contribution in [1.82, 2.24) is 0 Å². The number of benzene rings is 2. The molecule has 1 atom stereocenters. The fourth-order valence-corrected chi connectivity index (χ4v) is 1.92. The summed E-state index contributed by atoms with van der Waals surface area (Å²) in [7, 11) is 0. The van der Waals surface area contributed by atoms with Gasteiger partial charge in [0.05, 0.1) is 0 Å². The Labute approximate surface area is 111 Å². The average molecular weight is 256 g/mol. The maximum atomic E-state index is 12.2. The fraction of sp³-hybridized carbons (Fsp3) is 0.0667. The number of hydrogen-bond donors (Lipinski definition) is 0. The van der Waals surface area contributed by atoms with E-state index in [1.54, 1.807) is 48.5 Å². The molecule has 1 unspecified atom stereocenters. The molecule has 0 aliphatic heterocycles. The van der Waals surface area contributed by atoms with Crippen LogP contribution in [0.5, 0.6) is 0 Å². The molecule has 0 spiro atoms. The number of carbonyl (C=O) groups excluding carboxylic acids is 1. The molecule has 0 aliphatic carbocycles. The van der Waals surface area contributed by atoms with E-state index in [2.05, 4.69) is 4.85 Å². The van der Waals surface area contributed by atoms with E-state index in [-0.39, 0.29) is 5.78 Å². The molecule has 18 heavy (non-hydrogen) atoms. The number of carbonyl (C=O) groups is 1. The van der Waals surface area contributed by atoms with Crippen LogP contribution in [0.3, 0.4) is 0 Å². The number of Topliss-reactive ketones (excluding diaryl/α,β-unsaturated/α-hetero) is 1. The lowest BCUT2D eigenvalue weighted by Gasteiger charge is -2.05. The molecule has 0 N–H and O–H groups in total. The predicted octanol–water partition coefficient (Wildman–Crippen LogP) is 4.18. The summed E-state index contributed by atoms with van der Waals surface area (Å²) in [5.74, 6) is -0.201. The Hall–Kier alpha value is -2.11. The monoisotopic (exact) mass is 255 g/mol. The smallest absolute Gasteiger partial charge is 0.300 e. The minimum absolute atomic E-state index is 0.201. The first-order chi connectivity index (χ1) is 8.72. The second-order valence-electron chi connectivity index (χ2n) is 3.82. The molecule has 0 saturated heterocycles. The lowest BCUT2D eigenvalue weighted by Crippen LogP contribution is -2.09. The number of nitrogens with zero attached hydrogens (tertiary/aromatic N) is 1. The van der Waals surface area contributed by atoms with E-state index >= 15 is 0 Å². The first-order valence-corrected chi connectivity index (χ1v) is 5.81. The first-order valence-electron chi connectivity index (χ1n) is 5.43. The van der Waals surface area contributed by atoms with Gasteiger partial charge >= 0.3 is 6.04 Å². The summed E-state index contributed by atoms with van der Waals surface area (Å²) in [4.78, 5) is 15.6. The van der Waals surface area contributed by atoms with Crippen LogP contribution in [0.2, 0.25) is 5.02 Å². The summed E-state index contributed by atoms with van der Waals surface area (Å²) >= 11 is 5.88. The lowest BCUT2D eigenvalue weighted by molar-refractivity contribution is 0.0975. The summed E-state index contributed by atoms with van der Waals surface area (Å²) in [5.41, 5.74) is 1.17. The van der Waals surface area contributed by atoms with E-state index in [4.69, 9.17) is 18.2 Å². The van der Waals surface area contributed by atoms with E-state index in [0.717, 1.165) is 0 Å². The first kappa shape index (κ1) is 12.3. The Morgan fingerprint density at radius 2 is 1.83 bits per heavy atom. The van der Waals surface area contributed by atoms with E-state index < -0.39 is 6.04 Å². The van der Waals surface area contributed by atoms with Crippen LogP contribution in [0.4, 0.5) is 0 Å². The van der Waals surface area contributed by atoms with Crippen LogP contribution in [-0.4, -0.2) is 5.78 Å². The Morgan fingerprint density at radius 1 is 1.11 bits per heavy atom. The molecule has 0 fully saturated rings. The van der Waals surface area contributed by atoms with Crippen molar-refractivity contribution >= 4 is 17.4 Å². The highest BCUT2D eigenvalue weighted by atomic mass is 35.5. The second kappa shape index (κ2) is 5.48. The Bertz CT molecular complexity index is 601. The number of rotatable bonds is 3. The van der Waals surface area contributed by atoms with Gasteiger partial charge in [-0.3, -0.25) is 9.64 Å². The van der Waals surface area contributed by atoms with Gasteiger partial charge in [0.15, 0.2) is 0 Å². The molecule has 2 aromatic carbocycles. The minimum Gasteiger partial charge on any atom is -0.300 e. The van der Waals surface area contributed by atoms with Crippen LogP contribution in [-0.2, 0) is 0 Å². The molecule has 88 valence electrons. The van der Waals surface area contributed by atoms with Crippen molar-refractivity contribution in [2.75, 3.05) is 0 Å². The average Bonchev–Trinajstić information content (AvgIpc) is 2.40. The molecule has 2 nitrogen and oxygen atoms in total. The Balaban J connectivity index is 2.36. The van der Waals surface area contributed by atoms with Crippen LogP contribution in [0, 0.1) is 6.57 Å². The van der Waals surface area contributed by atoms with Crippen molar-refractivity contribution in [2.24, 2.45) is 0 Å². The van der Waals surface area contributed by atoms with Crippen LogP contribution in [0.25, 0.3) is 4.85 Å². The molecule has 0 radical (unpaired) electrons. The molecule has 0 amide bonds. The topological polar surface area (TPSA) is 21.4 Å². The molecule has 0 aliphatic rings. The van der Waals surface area contributed by atoms with E-state index in [0.29, 0.717) is 16.1 Å². The van der Waals surface area contributed by atoms with Gasteiger partial charge in [-0.1, -0.05) is 54.1 Å². The van der Waals surface area contributed by atoms with E-state index in [9.17, 15) is 4.79 Å². The molecule has 0 aromatic heterocycles. The van der Waals surface area contributed by atoms with E-state index in [1.165, 1.54) is 0 Å². The zero-order chi connectivity index (χ0) is 13.0. The van der Waals surface area contributed by atoms with Crippen molar-refractivity contribution in [1.29, 1.82) is 0 Å². The maximum Gasteiger partial charge on any atom is 0.310 e. The zero-order valence-corrected chi connectivity index (χ0v) is 10.3.